The first-order valence-corrected chi connectivity index (χ1v) is 5.64. The van der Waals surface area contributed by atoms with E-state index in [2.05, 4.69) is 13.5 Å². The number of hydrogen-bond acceptors (Lipinski definition) is 1. The third kappa shape index (κ3) is 1.34. The van der Waals surface area contributed by atoms with E-state index in [0.717, 1.165) is 5.92 Å². The summed E-state index contributed by atoms with van der Waals surface area (Å²) >= 11 is 0. The standard InChI is InChI=1S/C12H21N/c1-3-4-10-6-5-9(2)12(7-8-12)11(10)13/h10-11H,2-8,13H2,1H3. The van der Waals surface area contributed by atoms with E-state index in [9.17, 15) is 0 Å². The minimum atomic E-state index is 0.401. The van der Waals surface area contributed by atoms with E-state index in [1.165, 1.54) is 44.1 Å². The fraction of sp³-hybridized carbons (Fsp3) is 0.833. The molecule has 0 aliphatic heterocycles. The predicted molar refractivity (Wildman–Crippen MR) is 56.4 cm³/mol. The molecule has 0 aromatic carbocycles. The summed E-state index contributed by atoms with van der Waals surface area (Å²) in [7, 11) is 0. The third-order valence-electron chi connectivity index (χ3n) is 4.12. The second-order valence-electron chi connectivity index (χ2n) is 4.87. The maximum Gasteiger partial charge on any atom is 0.0162 e. The zero-order chi connectivity index (χ0) is 9.47. The maximum atomic E-state index is 6.33. The predicted octanol–water partition coefficient (Wildman–Crippen LogP) is 2.86. The van der Waals surface area contributed by atoms with Gasteiger partial charge in [0.15, 0.2) is 0 Å². The molecule has 0 saturated heterocycles. The molecule has 1 nitrogen and oxygen atoms in total. The van der Waals surface area contributed by atoms with Crippen LogP contribution in [0, 0.1) is 11.3 Å². The van der Waals surface area contributed by atoms with Crippen LogP contribution in [-0.2, 0) is 0 Å². The molecule has 2 fully saturated rings. The quantitative estimate of drug-likeness (QED) is 0.648. The highest BCUT2D eigenvalue weighted by atomic mass is 14.8. The van der Waals surface area contributed by atoms with Crippen LogP contribution in [0.25, 0.3) is 0 Å². The second kappa shape index (κ2) is 3.13. The molecule has 2 aliphatic carbocycles. The van der Waals surface area contributed by atoms with Crippen molar-refractivity contribution in [2.45, 2.75) is 51.5 Å². The first-order valence-electron chi connectivity index (χ1n) is 5.64. The van der Waals surface area contributed by atoms with Gasteiger partial charge in [0.25, 0.3) is 0 Å². The number of nitrogens with two attached hydrogens (primary N) is 1. The van der Waals surface area contributed by atoms with Crippen molar-refractivity contribution in [1.82, 2.24) is 0 Å². The van der Waals surface area contributed by atoms with Crippen molar-refractivity contribution in [2.24, 2.45) is 17.1 Å². The Morgan fingerprint density at radius 1 is 1.54 bits per heavy atom. The molecule has 2 aliphatic rings. The molecule has 0 heterocycles. The van der Waals surface area contributed by atoms with E-state index >= 15 is 0 Å². The Bertz CT molecular complexity index is 215. The van der Waals surface area contributed by atoms with E-state index < -0.39 is 0 Å². The minimum Gasteiger partial charge on any atom is -0.327 e. The van der Waals surface area contributed by atoms with Gasteiger partial charge >= 0.3 is 0 Å². The Hall–Kier alpha value is -0.300. The highest BCUT2D eigenvalue weighted by Gasteiger charge is 2.53. The van der Waals surface area contributed by atoms with Crippen LogP contribution >= 0.6 is 0 Å². The van der Waals surface area contributed by atoms with Gasteiger partial charge in [-0.15, -0.1) is 0 Å². The topological polar surface area (TPSA) is 26.0 Å². The molecule has 13 heavy (non-hydrogen) atoms. The lowest BCUT2D eigenvalue weighted by molar-refractivity contribution is 0.247. The molecular weight excluding hydrogens is 158 g/mol. The van der Waals surface area contributed by atoms with Gasteiger partial charge in [0.2, 0.25) is 0 Å². The Balaban J connectivity index is 2.07. The van der Waals surface area contributed by atoms with Gasteiger partial charge in [0, 0.05) is 11.5 Å². The van der Waals surface area contributed by atoms with Gasteiger partial charge in [0.05, 0.1) is 0 Å². The lowest BCUT2D eigenvalue weighted by atomic mass is 9.71. The molecule has 0 aromatic heterocycles. The van der Waals surface area contributed by atoms with Crippen molar-refractivity contribution in [3.8, 4) is 0 Å². The van der Waals surface area contributed by atoms with Gasteiger partial charge in [-0.05, 0) is 38.0 Å². The van der Waals surface area contributed by atoms with Gasteiger partial charge in [-0.2, -0.15) is 0 Å². The van der Waals surface area contributed by atoms with Crippen LogP contribution < -0.4 is 5.73 Å². The van der Waals surface area contributed by atoms with Crippen LogP contribution in [0.2, 0.25) is 0 Å². The smallest absolute Gasteiger partial charge is 0.0162 e. The SMILES string of the molecule is C=C1CCC(CCC)C(N)C12CC2. The first kappa shape index (κ1) is 9.26. The lowest BCUT2D eigenvalue weighted by Gasteiger charge is -2.38. The molecule has 1 spiro atoms. The molecular formula is C12H21N. The minimum absolute atomic E-state index is 0.401. The van der Waals surface area contributed by atoms with E-state index in [4.69, 9.17) is 5.73 Å². The molecule has 0 radical (unpaired) electrons. The molecule has 2 rings (SSSR count). The fourth-order valence-corrected chi connectivity index (χ4v) is 2.99. The largest absolute Gasteiger partial charge is 0.327 e. The molecule has 2 atom stereocenters. The Morgan fingerprint density at radius 3 is 2.77 bits per heavy atom. The molecule has 0 amide bonds. The van der Waals surface area contributed by atoms with Crippen molar-refractivity contribution in [3.05, 3.63) is 12.2 Å². The highest BCUT2D eigenvalue weighted by Crippen LogP contribution is 2.59. The summed E-state index contributed by atoms with van der Waals surface area (Å²) in [5.74, 6) is 0.776. The lowest BCUT2D eigenvalue weighted by Crippen LogP contribution is -2.43. The van der Waals surface area contributed by atoms with E-state index in [1.807, 2.05) is 0 Å². The van der Waals surface area contributed by atoms with E-state index in [-0.39, 0.29) is 0 Å². The Labute approximate surface area is 81.4 Å². The van der Waals surface area contributed by atoms with Crippen LogP contribution in [0.1, 0.15) is 45.4 Å². The van der Waals surface area contributed by atoms with Crippen LogP contribution in [0.5, 0.6) is 0 Å². The molecule has 2 unspecified atom stereocenters. The summed E-state index contributed by atoms with van der Waals surface area (Å²) in [5.41, 5.74) is 8.19. The van der Waals surface area contributed by atoms with Gasteiger partial charge in [-0.25, -0.2) is 0 Å². The monoisotopic (exact) mass is 179 g/mol. The first-order chi connectivity index (χ1) is 6.20. The molecule has 0 aromatic rings. The second-order valence-corrected chi connectivity index (χ2v) is 4.87. The molecule has 2 N–H and O–H groups in total. The zero-order valence-corrected chi connectivity index (χ0v) is 8.68. The van der Waals surface area contributed by atoms with Gasteiger partial charge in [-0.1, -0.05) is 25.5 Å². The van der Waals surface area contributed by atoms with Gasteiger partial charge in [0.1, 0.15) is 0 Å². The number of hydrogen-bond donors (Lipinski definition) is 1. The molecule has 74 valence electrons. The number of rotatable bonds is 2. The van der Waals surface area contributed by atoms with Crippen molar-refractivity contribution >= 4 is 0 Å². The summed E-state index contributed by atoms with van der Waals surface area (Å²) in [4.78, 5) is 0. The van der Waals surface area contributed by atoms with Crippen LogP contribution in [0.4, 0.5) is 0 Å². The average Bonchev–Trinajstić information content (AvgIpc) is 2.89. The molecule has 2 saturated carbocycles. The summed E-state index contributed by atoms with van der Waals surface area (Å²) in [6.07, 6.45) is 7.74. The van der Waals surface area contributed by atoms with Crippen LogP contribution in [-0.4, -0.2) is 6.04 Å². The van der Waals surface area contributed by atoms with Crippen molar-refractivity contribution in [3.63, 3.8) is 0 Å². The summed E-state index contributed by atoms with van der Waals surface area (Å²) in [6, 6.07) is 0.425. The normalized spacial score (nSPS) is 36.6. The van der Waals surface area contributed by atoms with Crippen molar-refractivity contribution in [1.29, 1.82) is 0 Å². The zero-order valence-electron chi connectivity index (χ0n) is 8.68. The highest BCUT2D eigenvalue weighted by molar-refractivity contribution is 5.26. The molecule has 1 heteroatoms. The van der Waals surface area contributed by atoms with Crippen LogP contribution in [0.3, 0.4) is 0 Å². The van der Waals surface area contributed by atoms with Gasteiger partial charge in [-0.3, -0.25) is 0 Å². The fourth-order valence-electron chi connectivity index (χ4n) is 2.99. The summed E-state index contributed by atoms with van der Waals surface area (Å²) in [5, 5.41) is 0. The summed E-state index contributed by atoms with van der Waals surface area (Å²) in [6.45, 7) is 6.45. The van der Waals surface area contributed by atoms with Gasteiger partial charge < -0.3 is 5.73 Å². The van der Waals surface area contributed by atoms with Crippen LogP contribution in [0.15, 0.2) is 12.2 Å². The summed E-state index contributed by atoms with van der Waals surface area (Å²) < 4.78 is 0. The van der Waals surface area contributed by atoms with E-state index in [1.54, 1.807) is 0 Å². The van der Waals surface area contributed by atoms with Crippen molar-refractivity contribution < 1.29 is 0 Å². The third-order valence-corrected chi connectivity index (χ3v) is 4.12. The van der Waals surface area contributed by atoms with Crippen molar-refractivity contribution in [2.75, 3.05) is 0 Å². The molecule has 0 bridgehead atoms. The Kier molecular flexibility index (Phi) is 2.23. The average molecular weight is 179 g/mol. The van der Waals surface area contributed by atoms with E-state index in [0.29, 0.717) is 11.5 Å². The maximum absolute atomic E-state index is 6.33. The Morgan fingerprint density at radius 2 is 2.23 bits per heavy atom.